The van der Waals surface area contributed by atoms with E-state index < -0.39 is 5.91 Å². The van der Waals surface area contributed by atoms with Crippen molar-refractivity contribution >= 4 is 29.3 Å². The summed E-state index contributed by atoms with van der Waals surface area (Å²) in [7, 11) is 0. The molecule has 0 bridgehead atoms. The number of nitrogens with zero attached hydrogens (tertiary/aromatic N) is 2. The predicted molar refractivity (Wildman–Crippen MR) is 132 cm³/mol. The van der Waals surface area contributed by atoms with Crippen LogP contribution in [0.1, 0.15) is 29.2 Å². The minimum absolute atomic E-state index is 0.0864. The molecule has 170 valence electrons. The first-order valence-corrected chi connectivity index (χ1v) is 10.9. The molecule has 0 unspecified atom stereocenters. The first-order chi connectivity index (χ1) is 16.4. The van der Waals surface area contributed by atoms with Crippen molar-refractivity contribution in [2.45, 2.75) is 20.5 Å². The third kappa shape index (κ3) is 6.16. The second-order valence-corrected chi connectivity index (χ2v) is 7.72. The molecular formula is C27H22ClN3O3. The van der Waals surface area contributed by atoms with Crippen LogP contribution in [0, 0.1) is 29.6 Å². The van der Waals surface area contributed by atoms with Gasteiger partial charge in [-0.2, -0.15) is 10.5 Å². The average Bonchev–Trinajstić information content (AvgIpc) is 2.82. The molecule has 0 heterocycles. The standard InChI is InChI=1S/C27H22ClN3O3/c1-3-33-25-14-19(12-22(16-30)27(32)31-23-10-6-7-18(2)11-23)13-24(28)26(25)34-17-21-9-5-4-8-20(21)15-29/h4-14H,3,17H2,1-2H3,(H,31,32)/b22-12+. The van der Waals surface area contributed by atoms with Crippen molar-refractivity contribution in [2.24, 2.45) is 0 Å². The van der Waals surface area contributed by atoms with E-state index in [0.717, 1.165) is 5.56 Å². The Morgan fingerprint density at radius 2 is 1.88 bits per heavy atom. The largest absolute Gasteiger partial charge is 0.490 e. The summed E-state index contributed by atoms with van der Waals surface area (Å²) >= 11 is 6.48. The average molecular weight is 472 g/mol. The molecule has 3 rings (SSSR count). The Balaban J connectivity index is 1.87. The molecule has 0 spiro atoms. The number of ether oxygens (including phenoxy) is 2. The molecule has 0 fully saturated rings. The zero-order valence-corrected chi connectivity index (χ0v) is 19.5. The van der Waals surface area contributed by atoms with Crippen LogP contribution < -0.4 is 14.8 Å². The second-order valence-electron chi connectivity index (χ2n) is 7.31. The van der Waals surface area contributed by atoms with E-state index in [4.69, 9.17) is 21.1 Å². The number of carbonyl (C=O) groups excluding carboxylic acids is 1. The van der Waals surface area contributed by atoms with Gasteiger partial charge in [-0.25, -0.2) is 0 Å². The van der Waals surface area contributed by atoms with Crippen molar-refractivity contribution in [3.05, 3.63) is 93.5 Å². The molecule has 1 N–H and O–H groups in total. The smallest absolute Gasteiger partial charge is 0.266 e. The van der Waals surface area contributed by atoms with Gasteiger partial charge in [-0.05, 0) is 61.4 Å². The number of rotatable bonds is 8. The van der Waals surface area contributed by atoms with Gasteiger partial charge >= 0.3 is 0 Å². The number of halogens is 1. The van der Waals surface area contributed by atoms with Gasteiger partial charge in [-0.15, -0.1) is 0 Å². The maximum atomic E-state index is 12.6. The lowest BCUT2D eigenvalue weighted by atomic mass is 10.1. The Morgan fingerprint density at radius 3 is 2.59 bits per heavy atom. The van der Waals surface area contributed by atoms with Crippen molar-refractivity contribution in [1.29, 1.82) is 10.5 Å². The quantitative estimate of drug-likeness (QED) is 0.319. The molecule has 34 heavy (non-hydrogen) atoms. The van der Waals surface area contributed by atoms with E-state index in [-0.39, 0.29) is 17.2 Å². The number of nitrogens with one attached hydrogen (secondary N) is 1. The van der Waals surface area contributed by atoms with Gasteiger partial charge in [0.1, 0.15) is 18.2 Å². The zero-order valence-electron chi connectivity index (χ0n) is 18.8. The Bertz CT molecular complexity index is 1320. The van der Waals surface area contributed by atoms with Crippen LogP contribution in [0.4, 0.5) is 5.69 Å². The lowest BCUT2D eigenvalue weighted by molar-refractivity contribution is -0.112. The summed E-state index contributed by atoms with van der Waals surface area (Å²) in [5.41, 5.74) is 3.23. The highest BCUT2D eigenvalue weighted by atomic mass is 35.5. The third-order valence-corrected chi connectivity index (χ3v) is 5.07. The van der Waals surface area contributed by atoms with Gasteiger partial charge in [0.2, 0.25) is 0 Å². The molecule has 3 aromatic carbocycles. The van der Waals surface area contributed by atoms with Crippen molar-refractivity contribution in [3.8, 4) is 23.6 Å². The minimum Gasteiger partial charge on any atom is -0.490 e. The second kappa shape index (κ2) is 11.6. The van der Waals surface area contributed by atoms with Crippen molar-refractivity contribution in [3.63, 3.8) is 0 Å². The van der Waals surface area contributed by atoms with E-state index in [2.05, 4.69) is 11.4 Å². The van der Waals surface area contributed by atoms with E-state index in [0.29, 0.717) is 40.5 Å². The zero-order chi connectivity index (χ0) is 24.5. The molecule has 0 aliphatic rings. The first-order valence-electron chi connectivity index (χ1n) is 10.5. The summed E-state index contributed by atoms with van der Waals surface area (Å²) in [6.45, 7) is 4.21. The fourth-order valence-corrected chi connectivity index (χ4v) is 3.49. The highest BCUT2D eigenvalue weighted by molar-refractivity contribution is 6.32. The van der Waals surface area contributed by atoms with Crippen molar-refractivity contribution < 1.29 is 14.3 Å². The Kier molecular flexibility index (Phi) is 8.29. The molecule has 0 saturated carbocycles. The Hall–Kier alpha value is -4.26. The fourth-order valence-electron chi connectivity index (χ4n) is 3.22. The van der Waals surface area contributed by atoms with Crippen LogP contribution in [0.15, 0.2) is 66.2 Å². The van der Waals surface area contributed by atoms with E-state index >= 15 is 0 Å². The van der Waals surface area contributed by atoms with Crippen LogP contribution in [0.3, 0.4) is 0 Å². The topological polar surface area (TPSA) is 95.1 Å². The molecule has 6 nitrogen and oxygen atoms in total. The maximum Gasteiger partial charge on any atom is 0.266 e. The van der Waals surface area contributed by atoms with Gasteiger partial charge < -0.3 is 14.8 Å². The van der Waals surface area contributed by atoms with Crippen LogP contribution in [0.2, 0.25) is 5.02 Å². The number of aryl methyl sites for hydroxylation is 1. The highest BCUT2D eigenvalue weighted by Crippen LogP contribution is 2.38. The number of carbonyl (C=O) groups is 1. The molecule has 7 heteroatoms. The highest BCUT2D eigenvalue weighted by Gasteiger charge is 2.15. The maximum absolute atomic E-state index is 12.6. The number of benzene rings is 3. The van der Waals surface area contributed by atoms with Crippen molar-refractivity contribution in [1.82, 2.24) is 0 Å². The predicted octanol–water partition coefficient (Wildman–Crippen LogP) is 6.04. The first kappa shape index (κ1) is 24.4. The van der Waals surface area contributed by atoms with E-state index in [1.165, 1.54) is 6.08 Å². The van der Waals surface area contributed by atoms with Crippen LogP contribution in [-0.2, 0) is 11.4 Å². The van der Waals surface area contributed by atoms with Crippen molar-refractivity contribution in [2.75, 3.05) is 11.9 Å². The number of hydrogen-bond acceptors (Lipinski definition) is 5. The van der Waals surface area contributed by atoms with Gasteiger partial charge in [0, 0.05) is 11.3 Å². The lowest BCUT2D eigenvalue weighted by Crippen LogP contribution is -2.13. The molecule has 0 aliphatic heterocycles. The van der Waals surface area contributed by atoms with Crippen LogP contribution in [0.25, 0.3) is 6.08 Å². The summed E-state index contributed by atoms with van der Waals surface area (Å²) in [4.78, 5) is 12.6. The molecule has 1 amide bonds. The fraction of sp³-hybridized carbons (Fsp3) is 0.148. The van der Waals surface area contributed by atoms with Gasteiger partial charge in [0.25, 0.3) is 5.91 Å². The molecule has 0 atom stereocenters. The summed E-state index contributed by atoms with van der Waals surface area (Å²) in [5.74, 6) is 0.152. The molecular weight excluding hydrogens is 450 g/mol. The molecule has 0 aromatic heterocycles. The van der Waals surface area contributed by atoms with E-state index in [1.807, 2.05) is 44.2 Å². The summed E-state index contributed by atoms with van der Waals surface area (Å²) in [6.07, 6.45) is 1.44. The number of amides is 1. The van der Waals surface area contributed by atoms with Gasteiger partial charge in [0.05, 0.1) is 23.3 Å². The van der Waals surface area contributed by atoms with E-state index in [1.54, 1.807) is 36.4 Å². The molecule has 0 aliphatic carbocycles. The number of hydrogen-bond donors (Lipinski definition) is 1. The SMILES string of the molecule is CCOc1cc(/C=C(\C#N)C(=O)Nc2cccc(C)c2)cc(Cl)c1OCc1ccccc1C#N. The lowest BCUT2D eigenvalue weighted by Gasteiger charge is -2.15. The number of nitriles is 2. The van der Waals surface area contributed by atoms with Crippen LogP contribution in [0.5, 0.6) is 11.5 Å². The van der Waals surface area contributed by atoms with Gasteiger partial charge in [-0.1, -0.05) is 41.9 Å². The third-order valence-electron chi connectivity index (χ3n) is 4.79. The monoisotopic (exact) mass is 471 g/mol. The summed E-state index contributed by atoms with van der Waals surface area (Å²) in [6, 6.07) is 21.7. The van der Waals surface area contributed by atoms with Crippen LogP contribution >= 0.6 is 11.6 Å². The van der Waals surface area contributed by atoms with Gasteiger partial charge in [-0.3, -0.25) is 4.79 Å². The summed E-state index contributed by atoms with van der Waals surface area (Å²) in [5, 5.41) is 21.8. The molecule has 0 saturated heterocycles. The molecule has 0 radical (unpaired) electrons. The van der Waals surface area contributed by atoms with E-state index in [9.17, 15) is 15.3 Å². The normalized spacial score (nSPS) is 10.7. The van der Waals surface area contributed by atoms with Crippen LogP contribution in [-0.4, -0.2) is 12.5 Å². The Morgan fingerprint density at radius 1 is 1.09 bits per heavy atom. The molecule has 3 aromatic rings. The number of anilines is 1. The summed E-state index contributed by atoms with van der Waals surface area (Å²) < 4.78 is 11.6. The Labute approximate surface area is 203 Å². The minimum atomic E-state index is -0.532. The van der Waals surface area contributed by atoms with Gasteiger partial charge in [0.15, 0.2) is 11.5 Å².